The lowest BCUT2D eigenvalue weighted by molar-refractivity contribution is -0.131. The first-order chi connectivity index (χ1) is 9.67. The van der Waals surface area contributed by atoms with Crippen LogP contribution in [-0.4, -0.2) is 34.9 Å². The van der Waals surface area contributed by atoms with Gasteiger partial charge in [0.15, 0.2) is 0 Å². The Hall–Kier alpha value is -2.10. The Balaban J connectivity index is 2.22. The number of anilines is 1. The van der Waals surface area contributed by atoms with Crippen molar-refractivity contribution in [1.82, 2.24) is 9.88 Å². The van der Waals surface area contributed by atoms with Crippen molar-refractivity contribution in [2.45, 2.75) is 26.8 Å². The number of carbonyl (C=O) groups is 1. The van der Waals surface area contributed by atoms with Crippen molar-refractivity contribution in [2.75, 3.05) is 18.4 Å². The number of nitrogens with one attached hydrogen (secondary N) is 1. The first-order valence-electron chi connectivity index (χ1n) is 7.06. The van der Waals surface area contributed by atoms with Gasteiger partial charge >= 0.3 is 0 Å². The van der Waals surface area contributed by atoms with E-state index in [1.807, 2.05) is 56.0 Å². The average Bonchev–Trinajstić information content (AvgIpc) is 2.48. The van der Waals surface area contributed by atoms with Crippen molar-refractivity contribution < 1.29 is 4.79 Å². The van der Waals surface area contributed by atoms with E-state index < -0.39 is 0 Å². The van der Waals surface area contributed by atoms with Crippen LogP contribution in [0.25, 0.3) is 10.9 Å². The van der Waals surface area contributed by atoms with Gasteiger partial charge in [-0.2, -0.15) is 0 Å². The Kier molecular flexibility index (Phi) is 4.56. The molecule has 20 heavy (non-hydrogen) atoms. The fourth-order valence-electron chi connectivity index (χ4n) is 2.33. The highest BCUT2D eigenvalue weighted by Gasteiger charge is 2.18. The molecule has 0 aliphatic rings. The van der Waals surface area contributed by atoms with Gasteiger partial charge in [-0.05, 0) is 32.9 Å². The van der Waals surface area contributed by atoms with E-state index in [1.165, 1.54) is 0 Å². The molecule has 1 aromatic carbocycles. The number of hydrogen-bond donors (Lipinski definition) is 1. The van der Waals surface area contributed by atoms with Gasteiger partial charge in [0.2, 0.25) is 5.91 Å². The predicted octanol–water partition coefficient (Wildman–Crippen LogP) is 2.90. The van der Waals surface area contributed by atoms with Crippen LogP contribution < -0.4 is 5.32 Å². The fourth-order valence-corrected chi connectivity index (χ4v) is 2.33. The molecular formula is C16H21N3O. The van der Waals surface area contributed by atoms with Crippen LogP contribution >= 0.6 is 0 Å². The van der Waals surface area contributed by atoms with Gasteiger partial charge in [-0.3, -0.25) is 9.78 Å². The molecule has 2 rings (SSSR count). The van der Waals surface area contributed by atoms with E-state index in [9.17, 15) is 4.79 Å². The zero-order valence-electron chi connectivity index (χ0n) is 12.3. The van der Waals surface area contributed by atoms with Gasteiger partial charge in [0.25, 0.3) is 0 Å². The molecule has 1 aromatic heterocycles. The largest absolute Gasteiger partial charge is 0.373 e. The van der Waals surface area contributed by atoms with Gasteiger partial charge in [0.1, 0.15) is 6.04 Å². The summed E-state index contributed by atoms with van der Waals surface area (Å²) in [6, 6.07) is 9.58. The number of benzene rings is 1. The zero-order valence-corrected chi connectivity index (χ0v) is 12.3. The lowest BCUT2D eigenvalue weighted by Crippen LogP contribution is -2.41. The highest BCUT2D eigenvalue weighted by molar-refractivity contribution is 5.93. The second-order valence-electron chi connectivity index (χ2n) is 4.75. The molecule has 2 aromatic rings. The summed E-state index contributed by atoms with van der Waals surface area (Å²) >= 11 is 0. The van der Waals surface area contributed by atoms with Crippen LogP contribution in [0.2, 0.25) is 0 Å². The summed E-state index contributed by atoms with van der Waals surface area (Å²) in [5.74, 6) is 0.121. The smallest absolute Gasteiger partial charge is 0.244 e. The molecule has 0 spiro atoms. The molecule has 0 saturated heterocycles. The Bertz CT molecular complexity index is 588. The van der Waals surface area contributed by atoms with E-state index in [0.29, 0.717) is 0 Å². The molecule has 1 atom stereocenters. The molecule has 0 saturated carbocycles. The predicted molar refractivity (Wildman–Crippen MR) is 82.8 cm³/mol. The van der Waals surface area contributed by atoms with Gasteiger partial charge in [-0.1, -0.05) is 18.2 Å². The number of nitrogens with zero attached hydrogens (tertiary/aromatic N) is 2. The highest BCUT2D eigenvalue weighted by Crippen LogP contribution is 2.21. The molecule has 1 N–H and O–H groups in total. The minimum Gasteiger partial charge on any atom is -0.373 e. The first kappa shape index (κ1) is 14.3. The number of fused-ring (bicyclic) bond motifs is 1. The third kappa shape index (κ3) is 2.90. The summed E-state index contributed by atoms with van der Waals surface area (Å²) in [7, 11) is 0. The average molecular weight is 271 g/mol. The third-order valence-corrected chi connectivity index (χ3v) is 3.47. The Morgan fingerprint density at radius 2 is 1.95 bits per heavy atom. The van der Waals surface area contributed by atoms with Crippen LogP contribution in [0.15, 0.2) is 36.5 Å². The van der Waals surface area contributed by atoms with Crippen molar-refractivity contribution in [3.8, 4) is 0 Å². The van der Waals surface area contributed by atoms with Crippen LogP contribution in [-0.2, 0) is 4.79 Å². The van der Waals surface area contributed by atoms with Crippen molar-refractivity contribution in [3.63, 3.8) is 0 Å². The number of para-hydroxylation sites is 1. The summed E-state index contributed by atoms with van der Waals surface area (Å²) in [5, 5.41) is 4.34. The summed E-state index contributed by atoms with van der Waals surface area (Å²) in [5.41, 5.74) is 1.88. The van der Waals surface area contributed by atoms with Crippen LogP contribution in [0.5, 0.6) is 0 Å². The molecule has 4 nitrogen and oxygen atoms in total. The Labute approximate surface area is 119 Å². The summed E-state index contributed by atoms with van der Waals surface area (Å²) in [4.78, 5) is 18.5. The molecule has 1 heterocycles. The summed E-state index contributed by atoms with van der Waals surface area (Å²) in [6.07, 6.45) is 1.76. The van der Waals surface area contributed by atoms with Crippen molar-refractivity contribution >= 4 is 22.5 Å². The topological polar surface area (TPSA) is 45.2 Å². The number of pyridine rings is 1. The lowest BCUT2D eigenvalue weighted by atomic mass is 10.1. The van der Waals surface area contributed by atoms with E-state index in [0.717, 1.165) is 29.7 Å². The lowest BCUT2D eigenvalue weighted by Gasteiger charge is -2.24. The molecule has 0 radical (unpaired) electrons. The Morgan fingerprint density at radius 1 is 1.25 bits per heavy atom. The standard InChI is InChI=1S/C16H21N3O/c1-4-19(5-2)16(20)12(3)18-15-10-11-17-14-9-7-6-8-13(14)15/h6-12H,4-5H2,1-3H3,(H,17,18). The number of hydrogen-bond acceptors (Lipinski definition) is 3. The fraction of sp³-hybridized carbons (Fsp3) is 0.375. The number of amides is 1. The number of carbonyl (C=O) groups excluding carboxylic acids is 1. The zero-order chi connectivity index (χ0) is 14.5. The number of rotatable bonds is 5. The van der Waals surface area contributed by atoms with E-state index in [1.54, 1.807) is 6.20 Å². The van der Waals surface area contributed by atoms with E-state index >= 15 is 0 Å². The molecule has 4 heteroatoms. The molecule has 0 fully saturated rings. The van der Waals surface area contributed by atoms with Crippen LogP contribution in [0.3, 0.4) is 0 Å². The molecular weight excluding hydrogens is 250 g/mol. The maximum absolute atomic E-state index is 12.3. The van der Waals surface area contributed by atoms with Crippen molar-refractivity contribution in [1.29, 1.82) is 0 Å². The van der Waals surface area contributed by atoms with Gasteiger partial charge in [-0.25, -0.2) is 0 Å². The normalized spacial score (nSPS) is 12.2. The second-order valence-corrected chi connectivity index (χ2v) is 4.75. The SMILES string of the molecule is CCN(CC)C(=O)C(C)Nc1ccnc2ccccc12. The van der Waals surface area contributed by atoms with Gasteiger partial charge in [-0.15, -0.1) is 0 Å². The third-order valence-electron chi connectivity index (χ3n) is 3.47. The van der Waals surface area contributed by atoms with Gasteiger partial charge < -0.3 is 10.2 Å². The first-order valence-corrected chi connectivity index (χ1v) is 7.06. The van der Waals surface area contributed by atoms with Crippen molar-refractivity contribution in [3.05, 3.63) is 36.5 Å². The van der Waals surface area contributed by atoms with Gasteiger partial charge in [0.05, 0.1) is 5.52 Å². The Morgan fingerprint density at radius 3 is 2.65 bits per heavy atom. The molecule has 0 aliphatic carbocycles. The quantitative estimate of drug-likeness (QED) is 0.909. The number of likely N-dealkylation sites (N-methyl/N-ethyl adjacent to an activating group) is 1. The minimum absolute atomic E-state index is 0.121. The second kappa shape index (κ2) is 6.37. The molecule has 106 valence electrons. The van der Waals surface area contributed by atoms with Gasteiger partial charge in [0, 0.05) is 30.4 Å². The maximum Gasteiger partial charge on any atom is 0.244 e. The monoisotopic (exact) mass is 271 g/mol. The van der Waals surface area contributed by atoms with Crippen molar-refractivity contribution in [2.24, 2.45) is 0 Å². The highest BCUT2D eigenvalue weighted by atomic mass is 16.2. The molecule has 1 amide bonds. The van der Waals surface area contributed by atoms with Crippen LogP contribution in [0, 0.1) is 0 Å². The van der Waals surface area contributed by atoms with E-state index in [-0.39, 0.29) is 11.9 Å². The molecule has 0 aliphatic heterocycles. The minimum atomic E-state index is -0.249. The van der Waals surface area contributed by atoms with Crippen LogP contribution in [0.4, 0.5) is 5.69 Å². The maximum atomic E-state index is 12.3. The number of aromatic nitrogens is 1. The van der Waals surface area contributed by atoms with E-state index in [4.69, 9.17) is 0 Å². The van der Waals surface area contributed by atoms with E-state index in [2.05, 4.69) is 10.3 Å². The molecule has 1 unspecified atom stereocenters. The molecule has 0 bridgehead atoms. The summed E-state index contributed by atoms with van der Waals surface area (Å²) < 4.78 is 0. The summed E-state index contributed by atoms with van der Waals surface area (Å²) in [6.45, 7) is 7.36. The van der Waals surface area contributed by atoms with Crippen LogP contribution in [0.1, 0.15) is 20.8 Å².